The summed E-state index contributed by atoms with van der Waals surface area (Å²) in [6.07, 6.45) is 2.36. The molecule has 33 heavy (non-hydrogen) atoms. The van der Waals surface area contributed by atoms with Crippen LogP contribution in [-0.2, 0) is 24.5 Å². The van der Waals surface area contributed by atoms with Crippen molar-refractivity contribution in [2.45, 2.75) is 58.1 Å². The number of nitrogens with zero attached hydrogens (tertiary/aromatic N) is 3. The van der Waals surface area contributed by atoms with Gasteiger partial charge in [0.1, 0.15) is 18.2 Å². The Bertz CT molecular complexity index is 1260. The molecule has 1 aromatic carbocycles. The van der Waals surface area contributed by atoms with Crippen molar-refractivity contribution in [3.05, 3.63) is 56.5 Å². The summed E-state index contributed by atoms with van der Waals surface area (Å²) in [6, 6.07) is 7.67. The van der Waals surface area contributed by atoms with Crippen LogP contribution >= 0.6 is 11.8 Å². The molecule has 2 N–H and O–H groups in total. The van der Waals surface area contributed by atoms with Crippen LogP contribution in [0.2, 0.25) is 0 Å². The molecule has 0 radical (unpaired) electrons. The Kier molecular flexibility index (Phi) is 6.92. The molecule has 2 atom stereocenters. The fourth-order valence-electron chi connectivity index (χ4n) is 4.15. The smallest absolute Gasteiger partial charge is 0.330 e. The summed E-state index contributed by atoms with van der Waals surface area (Å²) in [6.45, 7) is 5.13. The lowest BCUT2D eigenvalue weighted by molar-refractivity contribution is -0.140. The lowest BCUT2D eigenvalue weighted by Crippen LogP contribution is -2.31. The molecule has 10 heteroatoms. The quantitative estimate of drug-likeness (QED) is 0.491. The summed E-state index contributed by atoms with van der Waals surface area (Å²) >= 11 is 1.67. The van der Waals surface area contributed by atoms with Crippen LogP contribution in [0.25, 0.3) is 11.2 Å². The van der Waals surface area contributed by atoms with E-state index in [1.165, 1.54) is 4.57 Å². The first kappa shape index (κ1) is 23.2. The zero-order valence-electron chi connectivity index (χ0n) is 18.7. The Morgan fingerprint density at radius 3 is 2.64 bits per heavy atom. The molecule has 2 aromatic heterocycles. The number of carbonyl (C=O) groups is 1. The molecule has 1 aliphatic rings. The molecule has 0 saturated carbocycles. The predicted octanol–water partition coefficient (Wildman–Crippen LogP) is 3.16. The minimum atomic E-state index is -0.734. The van der Waals surface area contributed by atoms with E-state index in [0.29, 0.717) is 48.0 Å². The van der Waals surface area contributed by atoms with Gasteiger partial charge < -0.3 is 14.4 Å². The molecular weight excluding hydrogens is 444 g/mol. The number of carboxylic acid groups (broad SMARTS) is 1. The number of unbranched alkanes of at least 4 members (excludes halogenated alkanes) is 1. The first-order chi connectivity index (χ1) is 15.9. The van der Waals surface area contributed by atoms with Gasteiger partial charge in [0, 0.05) is 24.1 Å². The summed E-state index contributed by atoms with van der Waals surface area (Å²) in [5, 5.41) is 9.38. The first-order valence-corrected chi connectivity index (χ1v) is 12.3. The summed E-state index contributed by atoms with van der Waals surface area (Å²) in [7, 11) is 0. The minimum absolute atomic E-state index is 0.155. The molecule has 1 fully saturated rings. The van der Waals surface area contributed by atoms with Gasteiger partial charge in [0.15, 0.2) is 11.2 Å². The Hall–Kier alpha value is -3.01. The van der Waals surface area contributed by atoms with Crippen LogP contribution in [0.3, 0.4) is 0 Å². The van der Waals surface area contributed by atoms with Crippen LogP contribution in [0.4, 0.5) is 0 Å². The average molecular weight is 473 g/mol. The number of hydrogen-bond donors (Lipinski definition) is 2. The molecule has 3 aromatic rings. The van der Waals surface area contributed by atoms with E-state index in [0.717, 1.165) is 18.4 Å². The highest BCUT2D eigenvalue weighted by molar-refractivity contribution is 7.99. The van der Waals surface area contributed by atoms with Gasteiger partial charge >= 0.3 is 11.7 Å². The molecule has 4 rings (SSSR count). The van der Waals surface area contributed by atoms with Gasteiger partial charge in [-0.25, -0.2) is 9.78 Å². The molecule has 176 valence electrons. The summed E-state index contributed by atoms with van der Waals surface area (Å²) in [5.41, 5.74) is 0.970. The number of aryl methyl sites for hydroxylation is 2. The van der Waals surface area contributed by atoms with Crippen LogP contribution in [0.5, 0.6) is 5.75 Å². The number of ether oxygens (including phenoxy) is 1. The van der Waals surface area contributed by atoms with Crippen LogP contribution in [0.15, 0.2) is 33.9 Å². The largest absolute Gasteiger partial charge is 0.486 e. The van der Waals surface area contributed by atoms with Crippen molar-refractivity contribution in [2.75, 3.05) is 5.75 Å². The SMILES string of the molecule is CCCCn1c(=O)[nH]c(=O)c2c1nc(COc1ccc(C3CC(C(=O)O)CS3)cc1)n2CC. The second kappa shape index (κ2) is 9.86. The molecule has 1 aliphatic heterocycles. The number of rotatable bonds is 9. The monoisotopic (exact) mass is 472 g/mol. The number of aliphatic carboxylic acids is 1. The fraction of sp³-hybridized carbons (Fsp3) is 0.478. The third-order valence-corrected chi connectivity index (χ3v) is 7.44. The number of thioether (sulfide) groups is 1. The van der Waals surface area contributed by atoms with Crippen molar-refractivity contribution >= 4 is 28.9 Å². The summed E-state index contributed by atoms with van der Waals surface area (Å²) in [5.74, 6) is 0.837. The van der Waals surface area contributed by atoms with Crippen molar-refractivity contribution < 1.29 is 14.6 Å². The maximum absolute atomic E-state index is 12.5. The highest BCUT2D eigenvalue weighted by Crippen LogP contribution is 2.43. The molecular formula is C23H28N4O5S. The molecule has 9 nitrogen and oxygen atoms in total. The van der Waals surface area contributed by atoms with Crippen LogP contribution in [0.1, 0.15) is 49.7 Å². The highest BCUT2D eigenvalue weighted by Gasteiger charge is 2.31. The van der Waals surface area contributed by atoms with Gasteiger partial charge in [-0.1, -0.05) is 25.5 Å². The molecule has 0 aliphatic carbocycles. The van der Waals surface area contributed by atoms with E-state index in [4.69, 9.17) is 4.74 Å². The van der Waals surface area contributed by atoms with E-state index in [2.05, 4.69) is 9.97 Å². The number of imidazole rings is 1. The maximum Gasteiger partial charge on any atom is 0.330 e. The van der Waals surface area contributed by atoms with E-state index in [1.807, 2.05) is 38.1 Å². The lowest BCUT2D eigenvalue weighted by atomic mass is 10.0. The number of aromatic amines is 1. The molecule has 0 amide bonds. The Morgan fingerprint density at radius 1 is 1.24 bits per heavy atom. The van der Waals surface area contributed by atoms with Crippen molar-refractivity contribution in [1.82, 2.24) is 19.1 Å². The Balaban J connectivity index is 1.53. The van der Waals surface area contributed by atoms with Crippen molar-refractivity contribution in [2.24, 2.45) is 5.92 Å². The maximum atomic E-state index is 12.5. The second-order valence-electron chi connectivity index (χ2n) is 8.16. The number of carboxylic acids is 1. The normalized spacial score (nSPS) is 18.1. The van der Waals surface area contributed by atoms with Gasteiger partial charge in [0.25, 0.3) is 5.56 Å². The Labute approximate surface area is 194 Å². The van der Waals surface area contributed by atoms with Gasteiger partial charge in [-0.3, -0.25) is 19.1 Å². The summed E-state index contributed by atoms with van der Waals surface area (Å²) in [4.78, 5) is 43.1. The standard InChI is InChI=1S/C23H28N4O5S/c1-3-5-10-27-20-19(21(28)25-23(27)31)26(4-2)18(24-20)12-32-16-8-6-14(7-9-16)17-11-15(13-33-17)22(29)30/h6-9,15,17H,3-5,10-13H2,1-2H3,(H,29,30)(H,25,28,31). The zero-order chi connectivity index (χ0) is 23.5. The van der Waals surface area contributed by atoms with Crippen molar-refractivity contribution in [1.29, 1.82) is 0 Å². The van der Waals surface area contributed by atoms with Gasteiger partial charge in [-0.05, 0) is 37.5 Å². The zero-order valence-corrected chi connectivity index (χ0v) is 19.6. The molecule has 2 unspecified atom stereocenters. The average Bonchev–Trinajstić information content (AvgIpc) is 3.43. The number of H-pyrrole nitrogens is 1. The van der Waals surface area contributed by atoms with Gasteiger partial charge in [0.2, 0.25) is 0 Å². The number of benzene rings is 1. The number of hydrogen-bond acceptors (Lipinski definition) is 6. The van der Waals surface area contributed by atoms with E-state index in [-0.39, 0.29) is 17.8 Å². The van der Waals surface area contributed by atoms with E-state index in [1.54, 1.807) is 16.3 Å². The van der Waals surface area contributed by atoms with Crippen molar-refractivity contribution in [3.8, 4) is 5.75 Å². The number of fused-ring (bicyclic) bond motifs is 1. The topological polar surface area (TPSA) is 119 Å². The second-order valence-corrected chi connectivity index (χ2v) is 9.40. The summed E-state index contributed by atoms with van der Waals surface area (Å²) < 4.78 is 9.25. The molecule has 0 bridgehead atoms. The predicted molar refractivity (Wildman–Crippen MR) is 127 cm³/mol. The van der Waals surface area contributed by atoms with Crippen LogP contribution in [0, 0.1) is 5.92 Å². The minimum Gasteiger partial charge on any atom is -0.486 e. The number of aromatic nitrogens is 4. The highest BCUT2D eigenvalue weighted by atomic mass is 32.2. The van der Waals surface area contributed by atoms with E-state index >= 15 is 0 Å². The van der Waals surface area contributed by atoms with Crippen molar-refractivity contribution in [3.63, 3.8) is 0 Å². The van der Waals surface area contributed by atoms with Crippen LogP contribution < -0.4 is 16.0 Å². The fourth-order valence-corrected chi connectivity index (χ4v) is 5.61. The van der Waals surface area contributed by atoms with Gasteiger partial charge in [-0.2, -0.15) is 11.8 Å². The van der Waals surface area contributed by atoms with Crippen LogP contribution in [-0.4, -0.2) is 35.9 Å². The third kappa shape index (κ3) is 4.71. The van der Waals surface area contributed by atoms with E-state index in [9.17, 15) is 19.5 Å². The third-order valence-electron chi connectivity index (χ3n) is 5.98. The molecule has 1 saturated heterocycles. The number of nitrogens with one attached hydrogen (secondary N) is 1. The Morgan fingerprint density at radius 2 is 2.00 bits per heavy atom. The molecule has 3 heterocycles. The lowest BCUT2D eigenvalue weighted by Gasteiger charge is -2.11. The van der Waals surface area contributed by atoms with E-state index < -0.39 is 17.2 Å². The van der Waals surface area contributed by atoms with Gasteiger partial charge in [-0.15, -0.1) is 0 Å². The van der Waals surface area contributed by atoms with Gasteiger partial charge in [0.05, 0.1) is 5.92 Å². The first-order valence-electron chi connectivity index (χ1n) is 11.2. The molecule has 0 spiro atoms.